The molecule has 1 fully saturated rings. The van der Waals surface area contributed by atoms with Crippen LogP contribution in [0.25, 0.3) is 0 Å². The molecule has 0 saturated carbocycles. The minimum absolute atomic E-state index is 0.0937. The number of nitro benzene ring substituents is 1. The summed E-state index contributed by atoms with van der Waals surface area (Å²) in [5.74, 6) is -0.727. The topological polar surface area (TPSA) is 75.5 Å². The van der Waals surface area contributed by atoms with Crippen LogP contribution in [0.5, 0.6) is 0 Å². The first-order valence-electron chi connectivity index (χ1n) is 6.90. The Morgan fingerprint density at radius 2 is 2.05 bits per heavy atom. The third-order valence-electron chi connectivity index (χ3n) is 3.63. The molecule has 1 N–H and O–H groups in total. The highest BCUT2D eigenvalue weighted by atomic mass is 19.1. The lowest BCUT2D eigenvalue weighted by Gasteiger charge is -2.22. The molecule has 1 saturated heterocycles. The Balaban J connectivity index is 2.19. The molecule has 1 aromatic carbocycles. The Kier molecular flexibility index (Phi) is 4.40. The number of aryl methyl sites for hydroxylation is 1. The maximum absolute atomic E-state index is 13.5. The number of carbonyl (C=O) groups is 1. The van der Waals surface area contributed by atoms with Crippen LogP contribution in [0, 0.1) is 22.9 Å². The van der Waals surface area contributed by atoms with Crippen molar-refractivity contribution in [2.24, 2.45) is 0 Å². The molecule has 1 unspecified atom stereocenters. The Hall–Kier alpha value is -2.18. The molecule has 2 rings (SSSR count). The van der Waals surface area contributed by atoms with E-state index in [4.69, 9.17) is 0 Å². The summed E-state index contributed by atoms with van der Waals surface area (Å²) in [6.07, 6.45) is 1.96. The molecule has 0 aliphatic carbocycles. The molecule has 1 aliphatic heterocycles. The molecule has 0 bridgehead atoms. The van der Waals surface area contributed by atoms with Gasteiger partial charge in [-0.15, -0.1) is 0 Å². The van der Waals surface area contributed by atoms with Gasteiger partial charge in [-0.3, -0.25) is 14.9 Å². The number of nitro groups is 1. The highest BCUT2D eigenvalue weighted by Crippen LogP contribution is 2.28. The summed E-state index contributed by atoms with van der Waals surface area (Å²) >= 11 is 0. The molecule has 21 heavy (non-hydrogen) atoms. The highest BCUT2D eigenvalue weighted by Gasteiger charge is 2.25. The number of benzene rings is 1. The van der Waals surface area contributed by atoms with Crippen molar-refractivity contribution in [2.45, 2.75) is 32.7 Å². The van der Waals surface area contributed by atoms with Gasteiger partial charge in [0.1, 0.15) is 17.5 Å². The van der Waals surface area contributed by atoms with E-state index in [9.17, 15) is 19.3 Å². The zero-order valence-corrected chi connectivity index (χ0v) is 12.1. The quantitative estimate of drug-likeness (QED) is 0.684. The number of hydrogen-bond donors (Lipinski definition) is 1. The van der Waals surface area contributed by atoms with Crippen LogP contribution < -0.4 is 5.32 Å². The van der Waals surface area contributed by atoms with E-state index < -0.39 is 16.8 Å². The standard InChI is InChI=1S/C14H18FN3O3/c1-9-7-12(13(18(20)21)8-11(9)15)16-10(2)14(19)17-5-3-4-6-17/h7-8,10,16H,3-6H2,1-2H3. The van der Waals surface area contributed by atoms with Gasteiger partial charge >= 0.3 is 0 Å². The van der Waals surface area contributed by atoms with Gasteiger partial charge in [-0.25, -0.2) is 4.39 Å². The minimum Gasteiger partial charge on any atom is -0.368 e. The third kappa shape index (κ3) is 3.29. The van der Waals surface area contributed by atoms with E-state index in [2.05, 4.69) is 5.32 Å². The molecule has 1 amide bonds. The van der Waals surface area contributed by atoms with Crippen molar-refractivity contribution >= 4 is 17.3 Å². The fourth-order valence-corrected chi connectivity index (χ4v) is 2.44. The number of anilines is 1. The van der Waals surface area contributed by atoms with Crippen LogP contribution in [0.1, 0.15) is 25.3 Å². The summed E-state index contributed by atoms with van der Waals surface area (Å²) < 4.78 is 13.5. The molecule has 6 nitrogen and oxygen atoms in total. The molecule has 114 valence electrons. The molecule has 7 heteroatoms. The molecule has 0 spiro atoms. The average molecular weight is 295 g/mol. The number of rotatable bonds is 4. The number of likely N-dealkylation sites (tertiary alicyclic amines) is 1. The summed E-state index contributed by atoms with van der Waals surface area (Å²) in [7, 11) is 0. The van der Waals surface area contributed by atoms with Crippen LogP contribution in [0.2, 0.25) is 0 Å². The van der Waals surface area contributed by atoms with Crippen LogP contribution in [-0.2, 0) is 4.79 Å². The molecular formula is C14H18FN3O3. The maximum Gasteiger partial charge on any atom is 0.295 e. The van der Waals surface area contributed by atoms with E-state index in [-0.39, 0.29) is 17.3 Å². The number of halogens is 1. The maximum atomic E-state index is 13.5. The molecule has 1 aliphatic rings. The second kappa shape index (κ2) is 6.07. The second-order valence-electron chi connectivity index (χ2n) is 5.27. The fraction of sp³-hybridized carbons (Fsp3) is 0.500. The van der Waals surface area contributed by atoms with Crippen molar-refractivity contribution in [3.63, 3.8) is 0 Å². The van der Waals surface area contributed by atoms with Crippen molar-refractivity contribution < 1.29 is 14.1 Å². The average Bonchev–Trinajstić information content (AvgIpc) is 2.95. The van der Waals surface area contributed by atoms with Crippen LogP contribution >= 0.6 is 0 Å². The fourth-order valence-electron chi connectivity index (χ4n) is 2.44. The summed E-state index contributed by atoms with van der Waals surface area (Å²) in [6.45, 7) is 4.62. The molecule has 0 radical (unpaired) electrons. The number of nitrogens with zero attached hydrogens (tertiary/aromatic N) is 2. The number of hydrogen-bond acceptors (Lipinski definition) is 4. The summed E-state index contributed by atoms with van der Waals surface area (Å²) in [4.78, 5) is 24.3. The highest BCUT2D eigenvalue weighted by molar-refractivity contribution is 5.85. The normalized spacial score (nSPS) is 15.9. The first kappa shape index (κ1) is 15.2. The van der Waals surface area contributed by atoms with Crippen LogP contribution in [-0.4, -0.2) is 34.9 Å². The summed E-state index contributed by atoms with van der Waals surface area (Å²) in [6, 6.07) is 1.65. The minimum atomic E-state index is -0.655. The lowest BCUT2D eigenvalue weighted by atomic mass is 10.1. The largest absolute Gasteiger partial charge is 0.368 e. The van der Waals surface area contributed by atoms with Gasteiger partial charge in [-0.05, 0) is 38.3 Å². The van der Waals surface area contributed by atoms with Gasteiger partial charge < -0.3 is 10.2 Å². The predicted molar refractivity (Wildman–Crippen MR) is 76.7 cm³/mol. The lowest BCUT2D eigenvalue weighted by Crippen LogP contribution is -2.39. The van der Waals surface area contributed by atoms with E-state index >= 15 is 0 Å². The SMILES string of the molecule is Cc1cc(NC(C)C(=O)N2CCCC2)c([N+](=O)[O-])cc1F. The van der Waals surface area contributed by atoms with Crippen LogP contribution in [0.4, 0.5) is 15.8 Å². The summed E-state index contributed by atoms with van der Waals surface area (Å²) in [5.41, 5.74) is 0.0991. The van der Waals surface area contributed by atoms with Gasteiger partial charge in [-0.2, -0.15) is 0 Å². The molecule has 1 atom stereocenters. The van der Waals surface area contributed by atoms with E-state index in [1.54, 1.807) is 11.8 Å². The number of amides is 1. The van der Waals surface area contributed by atoms with Gasteiger partial charge in [0.05, 0.1) is 11.0 Å². The third-order valence-corrected chi connectivity index (χ3v) is 3.63. The van der Waals surface area contributed by atoms with Crippen LogP contribution in [0.3, 0.4) is 0 Å². The first-order chi connectivity index (χ1) is 9.90. The number of nitrogens with one attached hydrogen (secondary N) is 1. The second-order valence-corrected chi connectivity index (χ2v) is 5.27. The zero-order chi connectivity index (χ0) is 15.6. The molecule has 0 aromatic heterocycles. The van der Waals surface area contributed by atoms with Gasteiger partial charge in [-0.1, -0.05) is 0 Å². The number of carbonyl (C=O) groups excluding carboxylic acids is 1. The first-order valence-corrected chi connectivity index (χ1v) is 6.90. The Bertz CT molecular complexity index is 571. The Labute approximate surface area is 122 Å². The van der Waals surface area contributed by atoms with Crippen LogP contribution in [0.15, 0.2) is 12.1 Å². The summed E-state index contributed by atoms with van der Waals surface area (Å²) in [5, 5.41) is 13.8. The van der Waals surface area contributed by atoms with Gasteiger partial charge in [0, 0.05) is 13.1 Å². The van der Waals surface area contributed by atoms with Crippen molar-refractivity contribution in [1.29, 1.82) is 0 Å². The molecule has 1 aromatic rings. The van der Waals surface area contributed by atoms with E-state index in [0.29, 0.717) is 5.56 Å². The monoisotopic (exact) mass is 295 g/mol. The Morgan fingerprint density at radius 3 is 2.62 bits per heavy atom. The van der Waals surface area contributed by atoms with Crippen molar-refractivity contribution in [2.75, 3.05) is 18.4 Å². The molecule has 1 heterocycles. The zero-order valence-electron chi connectivity index (χ0n) is 12.1. The smallest absolute Gasteiger partial charge is 0.295 e. The van der Waals surface area contributed by atoms with Crippen molar-refractivity contribution in [1.82, 2.24) is 4.90 Å². The lowest BCUT2D eigenvalue weighted by molar-refractivity contribution is -0.384. The predicted octanol–water partition coefficient (Wildman–Crippen LogP) is 2.47. The van der Waals surface area contributed by atoms with Gasteiger partial charge in [0.2, 0.25) is 5.91 Å². The van der Waals surface area contributed by atoms with Crippen molar-refractivity contribution in [3.8, 4) is 0 Å². The van der Waals surface area contributed by atoms with E-state index in [1.807, 2.05) is 0 Å². The molecular weight excluding hydrogens is 277 g/mol. The Morgan fingerprint density at radius 1 is 1.43 bits per heavy atom. The van der Waals surface area contributed by atoms with Gasteiger partial charge in [0.25, 0.3) is 5.69 Å². The van der Waals surface area contributed by atoms with Crippen molar-refractivity contribution in [3.05, 3.63) is 33.6 Å². The van der Waals surface area contributed by atoms with E-state index in [0.717, 1.165) is 32.0 Å². The van der Waals surface area contributed by atoms with E-state index in [1.165, 1.54) is 13.0 Å². The van der Waals surface area contributed by atoms with Gasteiger partial charge in [0.15, 0.2) is 0 Å².